The Morgan fingerprint density at radius 3 is 2.86 bits per heavy atom. The van der Waals surface area contributed by atoms with E-state index in [0.29, 0.717) is 30.5 Å². The molecule has 7 nitrogen and oxygen atoms in total. The number of hydrogen-bond donors (Lipinski definition) is 2. The highest BCUT2D eigenvalue weighted by Crippen LogP contribution is 2.14. The van der Waals surface area contributed by atoms with E-state index in [1.807, 2.05) is 12.1 Å². The molecule has 0 spiro atoms. The summed E-state index contributed by atoms with van der Waals surface area (Å²) in [7, 11) is 0. The summed E-state index contributed by atoms with van der Waals surface area (Å²) in [6, 6.07) is 3.65. The van der Waals surface area contributed by atoms with E-state index in [9.17, 15) is 0 Å². The van der Waals surface area contributed by atoms with E-state index in [0.717, 1.165) is 18.9 Å². The van der Waals surface area contributed by atoms with Crippen molar-refractivity contribution >= 4 is 5.96 Å². The number of aliphatic imine (C=N–C) groups is 1. The molecule has 1 fully saturated rings. The number of H-pyrrole nitrogens is 1. The fourth-order valence-electron chi connectivity index (χ4n) is 2.60. The van der Waals surface area contributed by atoms with E-state index in [-0.39, 0.29) is 0 Å². The van der Waals surface area contributed by atoms with Crippen molar-refractivity contribution in [3.8, 4) is 11.6 Å². The number of hydrogen-bond acceptors (Lipinski definition) is 4. The van der Waals surface area contributed by atoms with Gasteiger partial charge >= 0.3 is 0 Å². The summed E-state index contributed by atoms with van der Waals surface area (Å²) < 4.78 is 5.27. The smallest absolute Gasteiger partial charge is 0.216 e. The number of nitrogens with one attached hydrogen (secondary N) is 1. The van der Waals surface area contributed by atoms with Crippen LogP contribution >= 0.6 is 0 Å². The van der Waals surface area contributed by atoms with Gasteiger partial charge in [-0.2, -0.15) is 5.10 Å². The van der Waals surface area contributed by atoms with Crippen LogP contribution in [0.15, 0.2) is 27.8 Å². The second-order valence-corrected chi connectivity index (χ2v) is 5.47. The summed E-state index contributed by atoms with van der Waals surface area (Å²) in [4.78, 5) is 11.0. The van der Waals surface area contributed by atoms with E-state index in [2.05, 4.69) is 25.1 Å². The minimum Gasteiger partial charge on any atom is -0.461 e. The van der Waals surface area contributed by atoms with Gasteiger partial charge in [0.05, 0.1) is 6.26 Å². The predicted molar refractivity (Wildman–Crippen MR) is 84.3 cm³/mol. The Hall–Kier alpha value is -2.31. The molecule has 22 heavy (non-hydrogen) atoms. The lowest BCUT2D eigenvalue weighted by molar-refractivity contribution is 0.428. The number of aromatic nitrogens is 3. The van der Waals surface area contributed by atoms with Crippen molar-refractivity contribution < 1.29 is 4.42 Å². The molecule has 1 aliphatic rings. The summed E-state index contributed by atoms with van der Waals surface area (Å²) in [6.07, 6.45) is 7.27. The maximum absolute atomic E-state index is 6.08. The molecule has 0 saturated carbocycles. The number of nitrogens with zero attached hydrogens (tertiary/aromatic N) is 4. The Bertz CT molecular complexity index is 595. The number of furan rings is 1. The maximum Gasteiger partial charge on any atom is 0.216 e. The van der Waals surface area contributed by atoms with Crippen molar-refractivity contribution in [3.05, 3.63) is 24.2 Å². The molecule has 2 aromatic heterocycles. The van der Waals surface area contributed by atoms with Crippen molar-refractivity contribution in [2.75, 3.05) is 19.6 Å². The van der Waals surface area contributed by atoms with Gasteiger partial charge in [0.25, 0.3) is 0 Å². The predicted octanol–water partition coefficient (Wildman–Crippen LogP) is 1.80. The Labute approximate surface area is 129 Å². The second kappa shape index (κ2) is 7.11. The SMILES string of the molecule is NC(=NCCc1nc(-c2ccco2)n[nH]1)N1CCCCCC1. The number of guanidine groups is 1. The van der Waals surface area contributed by atoms with Gasteiger partial charge in [0, 0.05) is 26.1 Å². The largest absolute Gasteiger partial charge is 0.461 e. The lowest BCUT2D eigenvalue weighted by Crippen LogP contribution is -2.38. The lowest BCUT2D eigenvalue weighted by Gasteiger charge is -2.20. The Morgan fingerprint density at radius 1 is 1.32 bits per heavy atom. The van der Waals surface area contributed by atoms with Crippen LogP contribution in [-0.2, 0) is 6.42 Å². The standard InChI is InChI=1S/C15H22N6O/c16-15(21-9-3-1-2-4-10-21)17-8-7-13-18-14(20-19-13)12-6-5-11-22-12/h5-6,11H,1-4,7-10H2,(H2,16,17)(H,18,19,20). The molecule has 0 aromatic carbocycles. The normalized spacial score (nSPS) is 16.7. The first kappa shape index (κ1) is 14.6. The highest BCUT2D eigenvalue weighted by atomic mass is 16.3. The van der Waals surface area contributed by atoms with Gasteiger partial charge in [0.15, 0.2) is 11.7 Å². The molecule has 0 radical (unpaired) electrons. The molecule has 3 heterocycles. The molecule has 1 saturated heterocycles. The number of likely N-dealkylation sites (tertiary alicyclic amines) is 1. The summed E-state index contributed by atoms with van der Waals surface area (Å²) in [5.74, 6) is 2.67. The van der Waals surface area contributed by atoms with Crippen LogP contribution in [0.25, 0.3) is 11.6 Å². The number of nitrogens with two attached hydrogens (primary N) is 1. The van der Waals surface area contributed by atoms with E-state index < -0.39 is 0 Å². The topological polar surface area (TPSA) is 96.3 Å². The van der Waals surface area contributed by atoms with Crippen molar-refractivity contribution in [3.63, 3.8) is 0 Å². The molecule has 3 N–H and O–H groups in total. The average Bonchev–Trinajstić information content (AvgIpc) is 3.13. The van der Waals surface area contributed by atoms with Gasteiger partial charge < -0.3 is 15.1 Å². The minimum atomic E-state index is 0.574. The van der Waals surface area contributed by atoms with Crippen LogP contribution in [0.5, 0.6) is 0 Å². The van der Waals surface area contributed by atoms with Crippen molar-refractivity contribution in [1.29, 1.82) is 0 Å². The summed E-state index contributed by atoms with van der Waals surface area (Å²) in [5, 5.41) is 7.05. The minimum absolute atomic E-state index is 0.574. The summed E-state index contributed by atoms with van der Waals surface area (Å²) in [6.45, 7) is 2.63. The van der Waals surface area contributed by atoms with Gasteiger partial charge in [-0.3, -0.25) is 10.1 Å². The molecule has 0 amide bonds. The van der Waals surface area contributed by atoms with Crippen molar-refractivity contribution in [1.82, 2.24) is 20.1 Å². The molecule has 0 unspecified atom stereocenters. The van der Waals surface area contributed by atoms with Crippen LogP contribution in [0, 0.1) is 0 Å². The van der Waals surface area contributed by atoms with Crippen LogP contribution in [0.3, 0.4) is 0 Å². The van der Waals surface area contributed by atoms with E-state index >= 15 is 0 Å². The average molecular weight is 302 g/mol. The third kappa shape index (κ3) is 3.66. The Kier molecular flexibility index (Phi) is 4.72. The molecule has 0 aliphatic carbocycles. The van der Waals surface area contributed by atoms with Gasteiger partial charge in [-0.25, -0.2) is 4.98 Å². The maximum atomic E-state index is 6.08. The van der Waals surface area contributed by atoms with Crippen LogP contribution in [-0.4, -0.2) is 45.7 Å². The highest BCUT2D eigenvalue weighted by molar-refractivity contribution is 5.78. The highest BCUT2D eigenvalue weighted by Gasteiger charge is 2.11. The molecular weight excluding hydrogens is 280 g/mol. The third-order valence-corrected chi connectivity index (χ3v) is 3.83. The molecule has 118 valence electrons. The van der Waals surface area contributed by atoms with Crippen molar-refractivity contribution in [2.24, 2.45) is 10.7 Å². The van der Waals surface area contributed by atoms with Gasteiger partial charge in [-0.05, 0) is 25.0 Å². The third-order valence-electron chi connectivity index (χ3n) is 3.83. The Morgan fingerprint density at radius 2 is 2.14 bits per heavy atom. The zero-order valence-corrected chi connectivity index (χ0v) is 12.7. The van der Waals surface area contributed by atoms with Crippen molar-refractivity contribution in [2.45, 2.75) is 32.1 Å². The fourth-order valence-corrected chi connectivity index (χ4v) is 2.60. The molecule has 0 bridgehead atoms. The number of rotatable bonds is 4. The number of aromatic amines is 1. The molecule has 2 aromatic rings. The lowest BCUT2D eigenvalue weighted by atomic mass is 10.2. The monoisotopic (exact) mass is 302 g/mol. The summed E-state index contributed by atoms with van der Waals surface area (Å²) in [5.41, 5.74) is 6.08. The van der Waals surface area contributed by atoms with Crippen LogP contribution in [0.4, 0.5) is 0 Å². The quantitative estimate of drug-likeness (QED) is 0.663. The van der Waals surface area contributed by atoms with Gasteiger partial charge in [0.1, 0.15) is 5.82 Å². The first-order valence-electron chi connectivity index (χ1n) is 7.83. The van der Waals surface area contributed by atoms with E-state index in [1.165, 1.54) is 25.7 Å². The van der Waals surface area contributed by atoms with Gasteiger partial charge in [0.2, 0.25) is 5.82 Å². The zero-order chi connectivity index (χ0) is 15.2. The molecule has 0 atom stereocenters. The van der Waals surface area contributed by atoms with Gasteiger partial charge in [-0.15, -0.1) is 0 Å². The van der Waals surface area contributed by atoms with Crippen LogP contribution in [0.2, 0.25) is 0 Å². The molecule has 7 heteroatoms. The van der Waals surface area contributed by atoms with Crippen LogP contribution < -0.4 is 5.73 Å². The second-order valence-electron chi connectivity index (χ2n) is 5.47. The van der Waals surface area contributed by atoms with Gasteiger partial charge in [-0.1, -0.05) is 12.8 Å². The fraction of sp³-hybridized carbons (Fsp3) is 0.533. The van der Waals surface area contributed by atoms with E-state index in [1.54, 1.807) is 6.26 Å². The summed E-state index contributed by atoms with van der Waals surface area (Å²) >= 11 is 0. The molecular formula is C15H22N6O. The zero-order valence-electron chi connectivity index (χ0n) is 12.7. The van der Waals surface area contributed by atoms with E-state index in [4.69, 9.17) is 10.2 Å². The molecule has 1 aliphatic heterocycles. The first-order valence-corrected chi connectivity index (χ1v) is 7.83. The molecule has 3 rings (SSSR count). The van der Waals surface area contributed by atoms with Crippen LogP contribution in [0.1, 0.15) is 31.5 Å². The Balaban J connectivity index is 1.52. The first-order chi connectivity index (χ1) is 10.8.